The topological polar surface area (TPSA) is 70.4 Å². The number of rotatable bonds is 7. The summed E-state index contributed by atoms with van der Waals surface area (Å²) in [5, 5.41) is 12.8. The molecule has 0 fully saturated rings. The summed E-state index contributed by atoms with van der Waals surface area (Å²) in [4.78, 5) is 19.9. The Hall–Kier alpha value is -2.86. The van der Waals surface area contributed by atoms with Crippen molar-refractivity contribution in [3.05, 3.63) is 60.2 Å². The van der Waals surface area contributed by atoms with Crippen LogP contribution in [0.25, 0.3) is 11.0 Å². The molecular formula is C23H30N4O2. The molecule has 2 aromatic carbocycles. The average molecular weight is 395 g/mol. The third-order valence-corrected chi connectivity index (χ3v) is 4.80. The van der Waals surface area contributed by atoms with E-state index < -0.39 is 6.10 Å². The van der Waals surface area contributed by atoms with E-state index in [0.29, 0.717) is 19.0 Å². The summed E-state index contributed by atoms with van der Waals surface area (Å²) in [6.07, 6.45) is -0.511. The number of hydrogen-bond donors (Lipinski definition) is 2. The summed E-state index contributed by atoms with van der Waals surface area (Å²) in [7, 11) is 0. The molecule has 1 heterocycles. The Morgan fingerprint density at radius 2 is 1.79 bits per heavy atom. The van der Waals surface area contributed by atoms with Crippen LogP contribution in [0.3, 0.4) is 0 Å². The number of para-hydroxylation sites is 2. The summed E-state index contributed by atoms with van der Waals surface area (Å²) in [6, 6.07) is 17.8. The smallest absolute Gasteiger partial charge is 0.243 e. The maximum atomic E-state index is 13.4. The quantitative estimate of drug-likeness (QED) is 0.642. The second kappa shape index (κ2) is 8.66. The monoisotopic (exact) mass is 394 g/mol. The molecule has 0 aliphatic rings. The lowest BCUT2D eigenvalue weighted by atomic mass is 10.0. The molecule has 1 unspecified atom stereocenters. The molecule has 3 aromatic rings. The largest absolute Gasteiger partial charge is 0.392 e. The lowest BCUT2D eigenvalue weighted by Gasteiger charge is -2.36. The predicted molar refractivity (Wildman–Crippen MR) is 117 cm³/mol. The number of nitrogens with one attached hydrogen (secondary N) is 1. The molecule has 0 saturated heterocycles. The van der Waals surface area contributed by atoms with Crippen molar-refractivity contribution in [2.24, 2.45) is 0 Å². The zero-order valence-electron chi connectivity index (χ0n) is 17.6. The van der Waals surface area contributed by atoms with Gasteiger partial charge in [-0.1, -0.05) is 42.5 Å². The van der Waals surface area contributed by atoms with Gasteiger partial charge in [-0.05, 0) is 45.4 Å². The van der Waals surface area contributed by atoms with Crippen LogP contribution in [-0.4, -0.2) is 43.7 Å². The first-order valence-corrected chi connectivity index (χ1v) is 9.97. The van der Waals surface area contributed by atoms with Gasteiger partial charge in [0.05, 0.1) is 17.1 Å². The molecule has 1 amide bonds. The molecule has 3 rings (SSSR count). The summed E-state index contributed by atoms with van der Waals surface area (Å²) in [5.41, 5.74) is 2.48. The van der Waals surface area contributed by atoms with E-state index in [0.717, 1.165) is 16.6 Å². The first-order valence-electron chi connectivity index (χ1n) is 9.97. The maximum Gasteiger partial charge on any atom is 0.243 e. The van der Waals surface area contributed by atoms with Crippen LogP contribution in [0.2, 0.25) is 0 Å². The lowest BCUT2D eigenvalue weighted by molar-refractivity contribution is -0.137. The summed E-state index contributed by atoms with van der Waals surface area (Å²) >= 11 is 0. The Balaban J connectivity index is 1.90. The summed E-state index contributed by atoms with van der Waals surface area (Å²) in [6.45, 7) is 8.95. The molecule has 1 aromatic heterocycles. The van der Waals surface area contributed by atoms with Gasteiger partial charge >= 0.3 is 0 Å². The number of benzene rings is 2. The van der Waals surface area contributed by atoms with Crippen molar-refractivity contribution < 1.29 is 9.90 Å². The van der Waals surface area contributed by atoms with Crippen LogP contribution in [0.15, 0.2) is 54.6 Å². The molecule has 0 aliphatic carbocycles. The minimum Gasteiger partial charge on any atom is -0.392 e. The molecule has 2 N–H and O–H groups in total. The molecule has 29 heavy (non-hydrogen) atoms. The molecule has 154 valence electrons. The van der Waals surface area contributed by atoms with E-state index in [1.165, 1.54) is 0 Å². The molecule has 0 radical (unpaired) electrons. The highest BCUT2D eigenvalue weighted by molar-refractivity contribution is 5.83. The molecule has 0 saturated carbocycles. The molecule has 0 aliphatic heterocycles. The standard InChI is InChI=1S/C23H30N4O2/c1-17(28)14-24-22-25-19-12-8-9-13-20(19)26(22)16-21(29)27(23(2,3)4)15-18-10-6-5-7-11-18/h5-13,17,28H,14-16H2,1-4H3,(H,24,25). The second-order valence-corrected chi connectivity index (χ2v) is 8.38. The van der Waals surface area contributed by atoms with Gasteiger partial charge in [-0.15, -0.1) is 0 Å². The van der Waals surface area contributed by atoms with Gasteiger partial charge in [0, 0.05) is 18.6 Å². The first-order chi connectivity index (χ1) is 13.8. The Morgan fingerprint density at radius 3 is 2.45 bits per heavy atom. The van der Waals surface area contributed by atoms with Gasteiger partial charge in [0.1, 0.15) is 6.54 Å². The van der Waals surface area contributed by atoms with Gasteiger partial charge in [-0.3, -0.25) is 4.79 Å². The van der Waals surface area contributed by atoms with E-state index in [1.807, 2.05) is 84.8 Å². The molecular weight excluding hydrogens is 364 g/mol. The number of aliphatic hydroxyl groups excluding tert-OH is 1. The van der Waals surface area contributed by atoms with Gasteiger partial charge < -0.3 is 19.9 Å². The van der Waals surface area contributed by atoms with Crippen LogP contribution in [0.5, 0.6) is 0 Å². The van der Waals surface area contributed by atoms with Crippen LogP contribution in [-0.2, 0) is 17.9 Å². The highest BCUT2D eigenvalue weighted by Crippen LogP contribution is 2.23. The Bertz CT molecular complexity index is 958. The van der Waals surface area contributed by atoms with E-state index in [9.17, 15) is 9.90 Å². The molecule has 6 nitrogen and oxygen atoms in total. The number of anilines is 1. The van der Waals surface area contributed by atoms with Crippen LogP contribution >= 0.6 is 0 Å². The van der Waals surface area contributed by atoms with Gasteiger partial charge in [0.15, 0.2) is 0 Å². The number of nitrogens with zero attached hydrogens (tertiary/aromatic N) is 3. The second-order valence-electron chi connectivity index (χ2n) is 8.38. The fraction of sp³-hybridized carbons (Fsp3) is 0.391. The zero-order valence-corrected chi connectivity index (χ0v) is 17.6. The molecule has 1 atom stereocenters. The fourth-order valence-corrected chi connectivity index (χ4v) is 3.30. The third-order valence-electron chi connectivity index (χ3n) is 4.80. The average Bonchev–Trinajstić information content (AvgIpc) is 3.02. The van der Waals surface area contributed by atoms with Crippen molar-refractivity contribution in [1.29, 1.82) is 0 Å². The van der Waals surface area contributed by atoms with Gasteiger partial charge in [-0.2, -0.15) is 0 Å². The summed E-state index contributed by atoms with van der Waals surface area (Å²) in [5.74, 6) is 0.610. The van der Waals surface area contributed by atoms with E-state index >= 15 is 0 Å². The first kappa shape index (κ1) is 20.9. The van der Waals surface area contributed by atoms with Gasteiger partial charge in [0.25, 0.3) is 0 Å². The normalized spacial score (nSPS) is 12.7. The SMILES string of the molecule is CC(O)CNc1nc2ccccc2n1CC(=O)N(Cc1ccccc1)C(C)(C)C. The lowest BCUT2D eigenvalue weighted by Crippen LogP contribution is -2.46. The van der Waals surface area contributed by atoms with Gasteiger partial charge in [-0.25, -0.2) is 4.98 Å². The number of imidazole rings is 1. The van der Waals surface area contributed by atoms with E-state index in [-0.39, 0.29) is 18.0 Å². The Morgan fingerprint density at radius 1 is 1.14 bits per heavy atom. The predicted octanol–water partition coefficient (Wildman–Crippen LogP) is 3.66. The van der Waals surface area contributed by atoms with E-state index in [1.54, 1.807) is 6.92 Å². The van der Waals surface area contributed by atoms with Crippen LogP contribution in [0, 0.1) is 0 Å². The third kappa shape index (κ3) is 5.15. The number of carbonyl (C=O) groups excluding carboxylic acids is 1. The Kier molecular flexibility index (Phi) is 6.23. The number of aromatic nitrogens is 2. The van der Waals surface area contributed by atoms with Crippen molar-refractivity contribution in [2.45, 2.75) is 52.4 Å². The fourth-order valence-electron chi connectivity index (χ4n) is 3.30. The minimum absolute atomic E-state index is 0.0182. The van der Waals surface area contributed by atoms with Crippen molar-refractivity contribution in [1.82, 2.24) is 14.5 Å². The van der Waals surface area contributed by atoms with Crippen molar-refractivity contribution in [3.63, 3.8) is 0 Å². The van der Waals surface area contributed by atoms with E-state index in [2.05, 4.69) is 10.3 Å². The number of carbonyl (C=O) groups is 1. The number of amides is 1. The zero-order chi connectivity index (χ0) is 21.0. The van der Waals surface area contributed by atoms with Crippen molar-refractivity contribution >= 4 is 22.9 Å². The van der Waals surface area contributed by atoms with Crippen LogP contribution in [0.1, 0.15) is 33.3 Å². The van der Waals surface area contributed by atoms with Crippen LogP contribution < -0.4 is 5.32 Å². The minimum atomic E-state index is -0.511. The highest BCUT2D eigenvalue weighted by atomic mass is 16.3. The number of fused-ring (bicyclic) bond motifs is 1. The van der Waals surface area contributed by atoms with Crippen LogP contribution in [0.4, 0.5) is 5.95 Å². The van der Waals surface area contributed by atoms with Crippen molar-refractivity contribution in [2.75, 3.05) is 11.9 Å². The van der Waals surface area contributed by atoms with E-state index in [4.69, 9.17) is 0 Å². The summed E-state index contributed by atoms with van der Waals surface area (Å²) < 4.78 is 1.89. The Labute approximate surface area is 172 Å². The number of hydrogen-bond acceptors (Lipinski definition) is 4. The van der Waals surface area contributed by atoms with Crippen molar-refractivity contribution in [3.8, 4) is 0 Å². The number of aliphatic hydroxyl groups is 1. The van der Waals surface area contributed by atoms with Gasteiger partial charge in [0.2, 0.25) is 11.9 Å². The molecule has 0 spiro atoms. The molecule has 6 heteroatoms. The molecule has 0 bridgehead atoms. The highest BCUT2D eigenvalue weighted by Gasteiger charge is 2.27. The maximum absolute atomic E-state index is 13.4.